The zero-order valence-corrected chi connectivity index (χ0v) is 13.4. The van der Waals surface area contributed by atoms with Gasteiger partial charge in [-0.05, 0) is 12.1 Å². The lowest BCUT2D eigenvalue weighted by Gasteiger charge is -2.42. The van der Waals surface area contributed by atoms with Crippen molar-refractivity contribution in [3.8, 4) is 5.75 Å². The predicted molar refractivity (Wildman–Crippen MR) is 83.7 cm³/mol. The molecule has 1 fully saturated rings. The van der Waals surface area contributed by atoms with Crippen LogP contribution < -0.4 is 15.8 Å². The molecular weight excluding hydrogens is 333 g/mol. The largest absolute Gasteiger partial charge is 0.624 e. The van der Waals surface area contributed by atoms with Gasteiger partial charge in [0.1, 0.15) is 25.1 Å². The van der Waals surface area contributed by atoms with E-state index in [2.05, 4.69) is 5.32 Å². The SMILES string of the molecule is NCC(F)COc1cccc2c1C[N+]([O-])(C1CCC(=O)NC1=O)C2=O. The molecule has 3 atom stereocenters. The second-order valence-corrected chi connectivity index (χ2v) is 6.15. The third-order valence-corrected chi connectivity index (χ3v) is 4.49. The van der Waals surface area contributed by atoms with Crippen molar-refractivity contribution in [3.05, 3.63) is 34.5 Å². The van der Waals surface area contributed by atoms with E-state index in [4.69, 9.17) is 10.5 Å². The van der Waals surface area contributed by atoms with E-state index in [1.807, 2.05) is 0 Å². The number of rotatable bonds is 5. The van der Waals surface area contributed by atoms with Crippen molar-refractivity contribution < 1.29 is 28.2 Å². The van der Waals surface area contributed by atoms with Crippen LogP contribution in [0.15, 0.2) is 18.2 Å². The maximum absolute atomic E-state index is 13.3. The van der Waals surface area contributed by atoms with E-state index in [1.54, 1.807) is 0 Å². The molecule has 8 nitrogen and oxygen atoms in total. The van der Waals surface area contributed by atoms with Crippen LogP contribution in [0.1, 0.15) is 28.8 Å². The highest BCUT2D eigenvalue weighted by atomic mass is 19.1. The molecule has 0 aromatic heterocycles. The first kappa shape index (κ1) is 17.5. The predicted octanol–water partition coefficient (Wildman–Crippen LogP) is 0.136. The van der Waals surface area contributed by atoms with Gasteiger partial charge < -0.3 is 15.7 Å². The van der Waals surface area contributed by atoms with Gasteiger partial charge in [0.2, 0.25) is 5.91 Å². The van der Waals surface area contributed by atoms with Gasteiger partial charge in [0.05, 0.1) is 11.1 Å². The average Bonchev–Trinajstić information content (AvgIpc) is 2.85. The minimum atomic E-state index is -1.40. The maximum atomic E-state index is 13.3. The van der Waals surface area contributed by atoms with Crippen molar-refractivity contribution in [2.24, 2.45) is 5.73 Å². The Morgan fingerprint density at radius 3 is 2.84 bits per heavy atom. The number of halogens is 1. The van der Waals surface area contributed by atoms with E-state index in [-0.39, 0.29) is 43.9 Å². The molecule has 1 saturated heterocycles. The molecule has 0 spiro atoms. The zero-order chi connectivity index (χ0) is 18.2. The molecule has 0 saturated carbocycles. The number of amides is 3. The Balaban J connectivity index is 1.87. The Kier molecular flexibility index (Phi) is 4.55. The Hall–Kier alpha value is -2.36. The molecule has 2 heterocycles. The molecule has 3 amide bonds. The van der Waals surface area contributed by atoms with E-state index < -0.39 is 34.6 Å². The second kappa shape index (κ2) is 6.51. The number of nitrogens with zero attached hydrogens (tertiary/aromatic N) is 1. The summed E-state index contributed by atoms with van der Waals surface area (Å²) in [6, 6.07) is 3.35. The standard InChI is InChI=1S/C16H18FN3O5/c17-9(6-18)8-25-13-3-1-2-10-11(13)7-20(24,16(10)23)12-4-5-14(21)19-15(12)22/h1-3,9,12H,4-8,18H2,(H,19,21,22). The normalized spacial score (nSPS) is 27.0. The van der Waals surface area contributed by atoms with E-state index in [0.717, 1.165) is 0 Å². The number of imide groups is 1. The van der Waals surface area contributed by atoms with Gasteiger partial charge in [0.25, 0.3) is 5.91 Å². The number of alkyl halides is 1. The number of hydroxylamine groups is 3. The highest BCUT2D eigenvalue weighted by Crippen LogP contribution is 2.38. The number of carbonyl (C=O) groups is 3. The van der Waals surface area contributed by atoms with Gasteiger partial charge >= 0.3 is 5.91 Å². The maximum Gasteiger partial charge on any atom is 0.347 e. The lowest BCUT2D eigenvalue weighted by Crippen LogP contribution is -2.60. The fraction of sp³-hybridized carbons (Fsp3) is 0.438. The number of nitrogens with one attached hydrogen (secondary N) is 1. The zero-order valence-electron chi connectivity index (χ0n) is 13.4. The minimum Gasteiger partial charge on any atom is -0.624 e. The molecule has 3 rings (SSSR count). The number of fused-ring (bicyclic) bond motifs is 1. The number of ether oxygens (including phenoxy) is 1. The van der Waals surface area contributed by atoms with Gasteiger partial charge in [-0.25, -0.2) is 9.18 Å². The number of quaternary nitrogens is 1. The molecule has 2 aliphatic rings. The highest BCUT2D eigenvalue weighted by Gasteiger charge is 2.50. The number of hydrogen-bond acceptors (Lipinski definition) is 6. The van der Waals surface area contributed by atoms with Crippen LogP contribution in [-0.2, 0) is 16.1 Å². The Morgan fingerprint density at radius 1 is 1.40 bits per heavy atom. The van der Waals surface area contributed by atoms with Gasteiger partial charge in [-0.1, -0.05) is 6.07 Å². The molecule has 3 unspecified atom stereocenters. The summed E-state index contributed by atoms with van der Waals surface area (Å²) < 4.78 is 17.3. The van der Waals surface area contributed by atoms with E-state index in [1.165, 1.54) is 18.2 Å². The Morgan fingerprint density at radius 2 is 2.16 bits per heavy atom. The van der Waals surface area contributed by atoms with Crippen LogP contribution in [-0.4, -0.2) is 47.7 Å². The fourth-order valence-electron chi connectivity index (χ4n) is 3.15. The molecule has 0 radical (unpaired) electrons. The Labute approximate surface area is 142 Å². The molecule has 25 heavy (non-hydrogen) atoms. The molecule has 1 aromatic rings. The summed E-state index contributed by atoms with van der Waals surface area (Å²) in [4.78, 5) is 36.0. The number of carbonyl (C=O) groups excluding carboxylic acids is 3. The minimum absolute atomic E-state index is 0.00378. The first-order valence-electron chi connectivity index (χ1n) is 7.93. The van der Waals surface area contributed by atoms with E-state index in [9.17, 15) is 24.0 Å². The number of benzene rings is 1. The van der Waals surface area contributed by atoms with Crippen molar-refractivity contribution in [2.75, 3.05) is 13.2 Å². The first-order chi connectivity index (χ1) is 11.9. The summed E-state index contributed by atoms with van der Waals surface area (Å²) >= 11 is 0. The van der Waals surface area contributed by atoms with Crippen molar-refractivity contribution >= 4 is 17.7 Å². The smallest absolute Gasteiger partial charge is 0.347 e. The average molecular weight is 351 g/mol. The third kappa shape index (κ3) is 3.01. The molecular formula is C16H18FN3O5. The monoisotopic (exact) mass is 351 g/mol. The van der Waals surface area contributed by atoms with Gasteiger partial charge in [0.15, 0.2) is 6.04 Å². The molecule has 3 N–H and O–H groups in total. The lowest BCUT2D eigenvalue weighted by atomic mass is 10.0. The number of piperidine rings is 1. The van der Waals surface area contributed by atoms with Gasteiger partial charge in [-0.3, -0.25) is 19.6 Å². The topological polar surface area (TPSA) is 122 Å². The van der Waals surface area contributed by atoms with Crippen LogP contribution in [0, 0.1) is 5.21 Å². The van der Waals surface area contributed by atoms with Crippen LogP contribution in [0.4, 0.5) is 4.39 Å². The second-order valence-electron chi connectivity index (χ2n) is 6.15. The van der Waals surface area contributed by atoms with Crippen LogP contribution in [0.3, 0.4) is 0 Å². The number of nitrogens with two attached hydrogens (primary N) is 1. The quantitative estimate of drug-likeness (QED) is 0.442. The lowest BCUT2D eigenvalue weighted by molar-refractivity contribution is -0.825. The molecule has 9 heteroatoms. The number of hydrogen-bond donors (Lipinski definition) is 2. The van der Waals surface area contributed by atoms with Crippen LogP contribution in [0.2, 0.25) is 0 Å². The summed E-state index contributed by atoms with van der Waals surface area (Å²) in [6.45, 7) is -0.791. The van der Waals surface area contributed by atoms with E-state index >= 15 is 0 Å². The van der Waals surface area contributed by atoms with Gasteiger partial charge in [-0.15, -0.1) is 0 Å². The fourth-order valence-corrected chi connectivity index (χ4v) is 3.15. The molecule has 0 aliphatic carbocycles. The summed E-state index contributed by atoms with van der Waals surface area (Å²) in [5.74, 6) is -1.74. The molecule has 0 bridgehead atoms. The molecule has 134 valence electrons. The summed E-state index contributed by atoms with van der Waals surface area (Å²) in [7, 11) is 0. The van der Waals surface area contributed by atoms with Crippen molar-refractivity contribution in [3.63, 3.8) is 0 Å². The summed E-state index contributed by atoms with van der Waals surface area (Å²) in [6.07, 6.45) is -1.36. The third-order valence-electron chi connectivity index (χ3n) is 4.49. The van der Waals surface area contributed by atoms with Crippen LogP contribution >= 0.6 is 0 Å². The molecule has 1 aromatic carbocycles. The van der Waals surface area contributed by atoms with Gasteiger partial charge in [0, 0.05) is 19.4 Å². The van der Waals surface area contributed by atoms with Crippen molar-refractivity contribution in [1.82, 2.24) is 5.32 Å². The Bertz CT molecular complexity index is 740. The highest BCUT2D eigenvalue weighted by molar-refractivity contribution is 6.02. The summed E-state index contributed by atoms with van der Waals surface area (Å²) in [5, 5.41) is 15.3. The summed E-state index contributed by atoms with van der Waals surface area (Å²) in [5.41, 5.74) is 5.70. The first-order valence-corrected chi connectivity index (χ1v) is 7.93. The van der Waals surface area contributed by atoms with Gasteiger partial charge in [-0.2, -0.15) is 0 Å². The van der Waals surface area contributed by atoms with Crippen LogP contribution in [0.25, 0.3) is 0 Å². The van der Waals surface area contributed by atoms with Crippen LogP contribution in [0.5, 0.6) is 5.75 Å². The van der Waals surface area contributed by atoms with E-state index in [0.29, 0.717) is 5.56 Å². The molecule has 2 aliphatic heterocycles. The van der Waals surface area contributed by atoms with Crippen molar-refractivity contribution in [2.45, 2.75) is 31.6 Å². The van der Waals surface area contributed by atoms with Crippen molar-refractivity contribution in [1.29, 1.82) is 0 Å².